The quantitative estimate of drug-likeness (QED) is 0.450. The first-order valence-corrected chi connectivity index (χ1v) is 5.48. The minimum atomic E-state index is -0.569. The smallest absolute Gasteiger partial charge is 0.327 e. The predicted octanol–water partition coefficient (Wildman–Crippen LogP) is 1.18. The van der Waals surface area contributed by atoms with Gasteiger partial charge >= 0.3 is 5.69 Å². The van der Waals surface area contributed by atoms with Crippen molar-refractivity contribution in [1.29, 1.82) is 0 Å². The van der Waals surface area contributed by atoms with Crippen LogP contribution in [0.3, 0.4) is 0 Å². The number of ether oxygens (including phenoxy) is 1. The van der Waals surface area contributed by atoms with Gasteiger partial charge in [0, 0.05) is 13.1 Å². The van der Waals surface area contributed by atoms with E-state index >= 15 is 0 Å². The molecule has 1 aromatic heterocycles. The maximum atomic E-state index is 10.7. The fourth-order valence-corrected chi connectivity index (χ4v) is 1.91. The standard InChI is InChI=1S/C9H11ClN4O3/c1-6-7(14(15)16)8(10)12-9(11-6)13-2-4-17-5-3-13/h2-5H2,1H3. The Kier molecular flexibility index (Phi) is 3.39. The van der Waals surface area contributed by atoms with Gasteiger partial charge in [-0.05, 0) is 6.92 Å². The summed E-state index contributed by atoms with van der Waals surface area (Å²) < 4.78 is 5.21. The molecule has 8 heteroatoms. The lowest BCUT2D eigenvalue weighted by Gasteiger charge is -2.26. The van der Waals surface area contributed by atoms with E-state index in [1.807, 2.05) is 4.90 Å². The number of anilines is 1. The molecule has 0 bridgehead atoms. The summed E-state index contributed by atoms with van der Waals surface area (Å²) in [5.41, 5.74) is 0.0418. The molecule has 0 unspecified atom stereocenters. The number of hydrogen-bond donors (Lipinski definition) is 0. The Bertz CT molecular complexity index is 425. The lowest BCUT2D eigenvalue weighted by molar-refractivity contribution is -0.385. The molecular formula is C9H11ClN4O3. The summed E-state index contributed by atoms with van der Waals surface area (Å²) in [6, 6.07) is 0. The van der Waals surface area contributed by atoms with E-state index in [9.17, 15) is 10.1 Å². The monoisotopic (exact) mass is 258 g/mol. The van der Waals surface area contributed by atoms with Crippen LogP contribution in [0, 0.1) is 17.0 Å². The molecule has 1 aliphatic rings. The second kappa shape index (κ2) is 4.80. The SMILES string of the molecule is Cc1nc(N2CCOCC2)nc(Cl)c1[N+](=O)[O-]. The Morgan fingerprint density at radius 1 is 1.41 bits per heavy atom. The Hall–Kier alpha value is -1.47. The van der Waals surface area contributed by atoms with E-state index in [4.69, 9.17) is 16.3 Å². The Labute approximate surface area is 103 Å². The molecule has 0 saturated carbocycles. The number of halogens is 1. The number of hydrogen-bond acceptors (Lipinski definition) is 6. The summed E-state index contributed by atoms with van der Waals surface area (Å²) in [6.07, 6.45) is 0. The molecule has 2 heterocycles. The molecule has 1 saturated heterocycles. The number of aromatic nitrogens is 2. The summed E-state index contributed by atoms with van der Waals surface area (Å²) in [5.74, 6) is 0.418. The van der Waals surface area contributed by atoms with Gasteiger partial charge in [0.1, 0.15) is 5.69 Å². The highest BCUT2D eigenvalue weighted by Crippen LogP contribution is 2.27. The summed E-state index contributed by atoms with van der Waals surface area (Å²) in [4.78, 5) is 20.1. The highest BCUT2D eigenvalue weighted by Gasteiger charge is 2.23. The van der Waals surface area contributed by atoms with Crippen molar-refractivity contribution in [2.45, 2.75) is 6.92 Å². The van der Waals surface area contributed by atoms with Crippen LogP contribution in [0.15, 0.2) is 0 Å². The van der Waals surface area contributed by atoms with Crippen LogP contribution in [0.2, 0.25) is 5.15 Å². The van der Waals surface area contributed by atoms with Crippen molar-refractivity contribution in [3.63, 3.8) is 0 Å². The van der Waals surface area contributed by atoms with Crippen molar-refractivity contribution in [2.24, 2.45) is 0 Å². The van der Waals surface area contributed by atoms with Crippen molar-refractivity contribution >= 4 is 23.2 Å². The fraction of sp³-hybridized carbons (Fsp3) is 0.556. The minimum Gasteiger partial charge on any atom is -0.378 e. The van der Waals surface area contributed by atoms with E-state index in [1.165, 1.54) is 0 Å². The summed E-state index contributed by atoms with van der Waals surface area (Å²) in [5, 5.41) is 10.6. The van der Waals surface area contributed by atoms with Crippen molar-refractivity contribution < 1.29 is 9.66 Å². The van der Waals surface area contributed by atoms with E-state index < -0.39 is 4.92 Å². The van der Waals surface area contributed by atoms with E-state index in [1.54, 1.807) is 6.92 Å². The molecule has 0 aromatic carbocycles. The van der Waals surface area contributed by atoms with Gasteiger partial charge in [-0.25, -0.2) is 4.98 Å². The van der Waals surface area contributed by atoms with Crippen LogP contribution in [0.25, 0.3) is 0 Å². The molecule has 2 rings (SSSR count). The Morgan fingerprint density at radius 3 is 2.59 bits per heavy atom. The second-order valence-electron chi connectivity index (χ2n) is 3.60. The highest BCUT2D eigenvalue weighted by atomic mass is 35.5. The van der Waals surface area contributed by atoms with Crippen LogP contribution < -0.4 is 4.90 Å². The fourth-order valence-electron chi connectivity index (χ4n) is 1.63. The van der Waals surface area contributed by atoms with Crippen LogP contribution >= 0.6 is 11.6 Å². The van der Waals surface area contributed by atoms with Gasteiger partial charge < -0.3 is 9.64 Å². The van der Waals surface area contributed by atoms with E-state index in [0.717, 1.165) is 0 Å². The summed E-state index contributed by atoms with van der Waals surface area (Å²) in [7, 11) is 0. The van der Waals surface area contributed by atoms with Crippen molar-refractivity contribution in [2.75, 3.05) is 31.2 Å². The normalized spacial score (nSPS) is 16.0. The minimum absolute atomic E-state index is 0.121. The molecule has 1 fully saturated rings. The average molecular weight is 259 g/mol. The Balaban J connectivity index is 2.34. The van der Waals surface area contributed by atoms with E-state index in [2.05, 4.69) is 9.97 Å². The van der Waals surface area contributed by atoms with Gasteiger partial charge in [-0.1, -0.05) is 11.6 Å². The van der Waals surface area contributed by atoms with Crippen LogP contribution in [0.4, 0.5) is 11.6 Å². The zero-order valence-corrected chi connectivity index (χ0v) is 9.98. The molecule has 1 aliphatic heterocycles. The topological polar surface area (TPSA) is 81.4 Å². The van der Waals surface area contributed by atoms with E-state index in [-0.39, 0.29) is 16.5 Å². The Morgan fingerprint density at radius 2 is 2.06 bits per heavy atom. The van der Waals surface area contributed by atoms with Crippen molar-refractivity contribution in [3.8, 4) is 0 Å². The summed E-state index contributed by atoms with van der Waals surface area (Å²) >= 11 is 5.80. The van der Waals surface area contributed by atoms with Gasteiger partial charge in [0.2, 0.25) is 11.1 Å². The number of nitro groups is 1. The molecule has 0 N–H and O–H groups in total. The predicted molar refractivity (Wildman–Crippen MR) is 61.5 cm³/mol. The number of aryl methyl sites for hydroxylation is 1. The molecular weight excluding hydrogens is 248 g/mol. The first kappa shape index (κ1) is 12.0. The van der Waals surface area contributed by atoms with Crippen molar-refractivity contribution in [1.82, 2.24) is 9.97 Å². The maximum Gasteiger partial charge on any atom is 0.327 e. The number of rotatable bonds is 2. The molecule has 1 aromatic rings. The zero-order chi connectivity index (χ0) is 12.4. The van der Waals surface area contributed by atoms with Crippen LogP contribution in [0.1, 0.15) is 5.69 Å². The lowest BCUT2D eigenvalue weighted by atomic mass is 10.4. The number of nitrogens with zero attached hydrogens (tertiary/aromatic N) is 4. The molecule has 92 valence electrons. The zero-order valence-electron chi connectivity index (χ0n) is 9.22. The average Bonchev–Trinajstić information content (AvgIpc) is 2.28. The lowest BCUT2D eigenvalue weighted by Crippen LogP contribution is -2.37. The summed E-state index contributed by atoms with van der Waals surface area (Å²) in [6.45, 7) is 4.06. The van der Waals surface area contributed by atoms with Gasteiger partial charge in [-0.2, -0.15) is 4.98 Å². The van der Waals surface area contributed by atoms with Gasteiger partial charge in [-0.3, -0.25) is 10.1 Å². The van der Waals surface area contributed by atoms with Crippen molar-refractivity contribution in [3.05, 3.63) is 21.0 Å². The molecule has 0 spiro atoms. The second-order valence-corrected chi connectivity index (χ2v) is 3.96. The van der Waals surface area contributed by atoms with Gasteiger partial charge in [0.15, 0.2) is 0 Å². The molecule has 0 amide bonds. The number of morpholine rings is 1. The van der Waals surface area contributed by atoms with Gasteiger partial charge in [-0.15, -0.1) is 0 Å². The third-order valence-corrected chi connectivity index (χ3v) is 2.74. The first-order chi connectivity index (χ1) is 8.09. The van der Waals surface area contributed by atoms with Crippen LogP contribution in [-0.2, 0) is 4.74 Å². The third-order valence-electron chi connectivity index (χ3n) is 2.48. The highest BCUT2D eigenvalue weighted by molar-refractivity contribution is 6.31. The first-order valence-electron chi connectivity index (χ1n) is 5.11. The molecule has 7 nitrogen and oxygen atoms in total. The van der Waals surface area contributed by atoms with E-state index in [0.29, 0.717) is 32.3 Å². The maximum absolute atomic E-state index is 10.7. The van der Waals surface area contributed by atoms with Gasteiger partial charge in [0.25, 0.3) is 0 Å². The molecule has 0 aliphatic carbocycles. The van der Waals surface area contributed by atoms with Crippen LogP contribution in [-0.4, -0.2) is 41.2 Å². The van der Waals surface area contributed by atoms with Crippen LogP contribution in [0.5, 0.6) is 0 Å². The van der Waals surface area contributed by atoms with Gasteiger partial charge in [0.05, 0.1) is 18.1 Å². The molecule has 17 heavy (non-hydrogen) atoms. The third kappa shape index (κ3) is 2.45. The molecule has 0 radical (unpaired) electrons. The molecule has 0 atom stereocenters. The largest absolute Gasteiger partial charge is 0.378 e.